The van der Waals surface area contributed by atoms with Gasteiger partial charge in [0.15, 0.2) is 0 Å². The number of ether oxygens (including phenoxy) is 1. The van der Waals surface area contributed by atoms with Gasteiger partial charge in [0.25, 0.3) is 0 Å². The van der Waals surface area contributed by atoms with Crippen LogP contribution in [0.3, 0.4) is 0 Å². The maximum Gasteiger partial charge on any atom is 0.305 e. The largest absolute Gasteiger partial charge is 0.466 e. The third kappa shape index (κ3) is 68.0. The number of aliphatic hydroxyl groups excluding tert-OH is 2. The van der Waals surface area contributed by atoms with Crippen LogP contribution in [0.2, 0.25) is 0 Å². The Hall–Kier alpha value is -1.14. The van der Waals surface area contributed by atoms with Crippen molar-refractivity contribution in [1.29, 1.82) is 0 Å². The molecular weight excluding hydrogens is 1010 g/mol. The van der Waals surface area contributed by atoms with E-state index in [1.807, 2.05) is 0 Å². The predicted molar refractivity (Wildman–Crippen MR) is 361 cm³/mol. The van der Waals surface area contributed by atoms with Crippen molar-refractivity contribution in [3.8, 4) is 0 Å². The first-order valence-electron chi connectivity index (χ1n) is 38.3. The van der Waals surface area contributed by atoms with E-state index in [4.69, 9.17) is 4.74 Å². The normalized spacial score (nSPS) is 12.4. The van der Waals surface area contributed by atoms with Crippen LogP contribution in [0.15, 0.2) is 0 Å². The molecule has 0 radical (unpaired) electrons. The standard InChI is InChI=1S/C76H151NO5/c1-3-5-7-9-11-13-15-17-19-41-44-48-52-56-60-64-68-74(79)73(72-78)77-75(80)69-65-61-57-53-49-45-42-39-37-35-33-31-29-27-25-23-21-20-22-24-26-28-30-32-34-36-38-40-43-47-51-55-59-63-67-71-82-76(81)70-66-62-58-54-50-46-18-16-14-12-10-8-6-4-2/h73-74,78-79H,3-72H2,1-2H3,(H,77,80). The van der Waals surface area contributed by atoms with Crippen LogP contribution >= 0.6 is 0 Å². The third-order valence-electron chi connectivity index (χ3n) is 18.4. The van der Waals surface area contributed by atoms with Gasteiger partial charge in [-0.05, 0) is 25.7 Å². The van der Waals surface area contributed by atoms with E-state index in [1.165, 1.54) is 379 Å². The Morgan fingerprint density at radius 1 is 0.293 bits per heavy atom. The lowest BCUT2D eigenvalue weighted by molar-refractivity contribution is -0.143. The van der Waals surface area contributed by atoms with Crippen molar-refractivity contribution in [2.45, 2.75) is 463 Å². The fourth-order valence-electron chi connectivity index (χ4n) is 12.6. The van der Waals surface area contributed by atoms with Gasteiger partial charge in [-0.2, -0.15) is 0 Å². The van der Waals surface area contributed by atoms with E-state index < -0.39 is 12.1 Å². The minimum atomic E-state index is -0.659. The maximum absolute atomic E-state index is 12.5. The molecule has 0 saturated carbocycles. The van der Waals surface area contributed by atoms with Crippen LogP contribution in [0.1, 0.15) is 450 Å². The molecule has 1 amide bonds. The average Bonchev–Trinajstić information content (AvgIpc) is 3.48. The summed E-state index contributed by atoms with van der Waals surface area (Å²) in [6.07, 6.45) is 89.1. The highest BCUT2D eigenvalue weighted by molar-refractivity contribution is 5.76. The molecule has 0 rings (SSSR count). The minimum absolute atomic E-state index is 0.0251. The lowest BCUT2D eigenvalue weighted by Gasteiger charge is -2.22. The molecule has 0 aliphatic rings. The summed E-state index contributed by atoms with van der Waals surface area (Å²) in [6, 6.07) is -0.536. The number of aliphatic hydroxyl groups is 2. The predicted octanol–water partition coefficient (Wildman–Crippen LogP) is 24.9. The molecule has 0 saturated heterocycles. The van der Waals surface area contributed by atoms with Gasteiger partial charge in [-0.3, -0.25) is 9.59 Å². The van der Waals surface area contributed by atoms with Gasteiger partial charge in [0, 0.05) is 12.8 Å². The highest BCUT2D eigenvalue weighted by Gasteiger charge is 2.20. The molecule has 0 fully saturated rings. The van der Waals surface area contributed by atoms with Crippen LogP contribution in [-0.2, 0) is 14.3 Å². The van der Waals surface area contributed by atoms with Gasteiger partial charge < -0.3 is 20.3 Å². The molecule has 0 aromatic rings. The van der Waals surface area contributed by atoms with Crippen molar-refractivity contribution in [3.63, 3.8) is 0 Å². The molecule has 0 aliphatic heterocycles. The first kappa shape index (κ1) is 80.9. The summed E-state index contributed by atoms with van der Waals surface area (Å²) >= 11 is 0. The maximum atomic E-state index is 12.5. The number of hydrogen-bond acceptors (Lipinski definition) is 5. The Kier molecular flexibility index (Phi) is 71.3. The number of nitrogens with one attached hydrogen (secondary N) is 1. The quantitative estimate of drug-likeness (QED) is 0.0417. The summed E-state index contributed by atoms with van der Waals surface area (Å²) in [7, 11) is 0. The molecule has 0 aromatic heterocycles. The summed E-state index contributed by atoms with van der Waals surface area (Å²) < 4.78 is 5.50. The first-order valence-corrected chi connectivity index (χ1v) is 38.3. The minimum Gasteiger partial charge on any atom is -0.466 e. The molecule has 0 aliphatic carbocycles. The van der Waals surface area contributed by atoms with Crippen molar-refractivity contribution in [1.82, 2.24) is 5.32 Å². The van der Waals surface area contributed by atoms with E-state index in [2.05, 4.69) is 19.2 Å². The van der Waals surface area contributed by atoms with Gasteiger partial charge in [-0.25, -0.2) is 0 Å². The molecule has 2 atom stereocenters. The molecule has 0 heterocycles. The van der Waals surface area contributed by atoms with E-state index in [-0.39, 0.29) is 18.5 Å². The van der Waals surface area contributed by atoms with Crippen molar-refractivity contribution in [3.05, 3.63) is 0 Å². The number of rotatable bonds is 73. The Balaban J connectivity index is 3.29. The Bertz CT molecular complexity index is 1200. The van der Waals surface area contributed by atoms with Crippen LogP contribution in [0.5, 0.6) is 0 Å². The number of unbranched alkanes of at least 4 members (excludes halogenated alkanes) is 62. The number of amides is 1. The second kappa shape index (κ2) is 72.3. The number of hydrogen-bond donors (Lipinski definition) is 3. The highest BCUT2D eigenvalue weighted by Crippen LogP contribution is 2.20. The summed E-state index contributed by atoms with van der Waals surface area (Å²) in [4.78, 5) is 24.6. The Morgan fingerprint density at radius 2 is 0.500 bits per heavy atom. The van der Waals surface area contributed by atoms with Gasteiger partial charge in [0.05, 0.1) is 25.4 Å². The molecule has 0 aromatic carbocycles. The summed E-state index contributed by atoms with van der Waals surface area (Å²) in [5, 5.41) is 23.4. The van der Waals surface area contributed by atoms with Gasteiger partial charge in [0.2, 0.25) is 5.91 Å². The van der Waals surface area contributed by atoms with E-state index in [0.29, 0.717) is 25.9 Å². The average molecular weight is 1160 g/mol. The molecule has 82 heavy (non-hydrogen) atoms. The number of esters is 1. The monoisotopic (exact) mass is 1160 g/mol. The molecule has 490 valence electrons. The number of carbonyl (C=O) groups is 2. The molecule has 0 spiro atoms. The van der Waals surface area contributed by atoms with Crippen LogP contribution < -0.4 is 5.32 Å². The summed E-state index contributed by atoms with van der Waals surface area (Å²) in [5.74, 6) is 0.000998. The zero-order valence-electron chi connectivity index (χ0n) is 56.3. The molecule has 2 unspecified atom stereocenters. The summed E-state index contributed by atoms with van der Waals surface area (Å²) in [5.41, 5.74) is 0. The Labute approximate surface area is 515 Å². The van der Waals surface area contributed by atoms with Gasteiger partial charge in [-0.15, -0.1) is 0 Å². The second-order valence-electron chi connectivity index (χ2n) is 26.7. The molecule has 0 bridgehead atoms. The van der Waals surface area contributed by atoms with E-state index in [1.54, 1.807) is 0 Å². The number of carbonyl (C=O) groups excluding carboxylic acids is 2. The zero-order valence-corrected chi connectivity index (χ0v) is 56.3. The lowest BCUT2D eigenvalue weighted by Crippen LogP contribution is -2.45. The molecule has 6 nitrogen and oxygen atoms in total. The fourth-order valence-corrected chi connectivity index (χ4v) is 12.6. The van der Waals surface area contributed by atoms with Crippen LogP contribution in [0.4, 0.5) is 0 Å². The van der Waals surface area contributed by atoms with Gasteiger partial charge in [-0.1, -0.05) is 412 Å². The van der Waals surface area contributed by atoms with E-state index >= 15 is 0 Å². The van der Waals surface area contributed by atoms with Crippen LogP contribution in [0, 0.1) is 0 Å². The van der Waals surface area contributed by atoms with E-state index in [9.17, 15) is 19.8 Å². The fraction of sp³-hybridized carbons (Fsp3) is 0.974. The van der Waals surface area contributed by atoms with Crippen LogP contribution in [-0.4, -0.2) is 47.4 Å². The molecule has 6 heteroatoms. The zero-order chi connectivity index (χ0) is 59.2. The van der Waals surface area contributed by atoms with Crippen molar-refractivity contribution in [2.24, 2.45) is 0 Å². The SMILES string of the molecule is CCCCCCCCCCCCCCCCCCC(O)C(CO)NC(=O)CCCCCCCCCCCCCCCCCCCCCCCCCCCCCCCCCCCCCOC(=O)CCCCCCCCCCCCCCCC. The second-order valence-corrected chi connectivity index (χ2v) is 26.7. The van der Waals surface area contributed by atoms with Crippen molar-refractivity contribution < 1.29 is 24.5 Å². The summed E-state index contributed by atoms with van der Waals surface area (Å²) in [6.45, 7) is 5.01. The lowest BCUT2D eigenvalue weighted by atomic mass is 10.0. The van der Waals surface area contributed by atoms with Crippen molar-refractivity contribution >= 4 is 11.9 Å². The Morgan fingerprint density at radius 3 is 0.744 bits per heavy atom. The smallest absolute Gasteiger partial charge is 0.305 e. The van der Waals surface area contributed by atoms with Gasteiger partial charge >= 0.3 is 5.97 Å². The van der Waals surface area contributed by atoms with E-state index in [0.717, 1.165) is 38.5 Å². The van der Waals surface area contributed by atoms with Crippen LogP contribution in [0.25, 0.3) is 0 Å². The van der Waals surface area contributed by atoms with Crippen molar-refractivity contribution in [2.75, 3.05) is 13.2 Å². The first-order chi connectivity index (χ1) is 40.5. The highest BCUT2D eigenvalue weighted by atomic mass is 16.5. The topological polar surface area (TPSA) is 95.9 Å². The third-order valence-corrected chi connectivity index (χ3v) is 18.4. The van der Waals surface area contributed by atoms with Gasteiger partial charge in [0.1, 0.15) is 0 Å². The molecular formula is C76H151NO5. The molecule has 3 N–H and O–H groups in total.